The van der Waals surface area contributed by atoms with E-state index in [0.717, 1.165) is 5.56 Å². The van der Waals surface area contributed by atoms with E-state index in [4.69, 9.17) is 16.3 Å². The quantitative estimate of drug-likeness (QED) is 0.766. The van der Waals surface area contributed by atoms with Gasteiger partial charge in [0.15, 0.2) is 0 Å². The Bertz CT molecular complexity index is 534. The van der Waals surface area contributed by atoms with Crippen molar-refractivity contribution in [3.8, 4) is 0 Å². The summed E-state index contributed by atoms with van der Waals surface area (Å²) in [5, 5.41) is 3.19. The average Bonchev–Trinajstić information content (AvgIpc) is 2.40. The number of hydrogen-bond acceptors (Lipinski definition) is 4. The first-order valence-corrected chi connectivity index (χ1v) is 8.25. The van der Waals surface area contributed by atoms with Crippen molar-refractivity contribution in [2.24, 2.45) is 0 Å². The molecule has 0 saturated carbocycles. The van der Waals surface area contributed by atoms with Crippen LogP contribution in [0, 0.1) is 0 Å². The molecule has 7 heteroatoms. The molecule has 0 spiro atoms. The fourth-order valence-corrected chi connectivity index (χ4v) is 3.64. The minimum atomic E-state index is -3.66. The number of ether oxygens (including phenoxy) is 1. The van der Waals surface area contributed by atoms with Gasteiger partial charge in [-0.3, -0.25) is 0 Å². The van der Waals surface area contributed by atoms with Gasteiger partial charge < -0.3 is 10.1 Å². The lowest BCUT2D eigenvalue weighted by molar-refractivity contribution is 0.173. The van der Waals surface area contributed by atoms with Gasteiger partial charge in [0.05, 0.1) is 11.6 Å². The summed E-state index contributed by atoms with van der Waals surface area (Å²) in [4.78, 5) is 0.0986. The van der Waals surface area contributed by atoms with Crippen LogP contribution < -0.4 is 10.0 Å². The van der Waals surface area contributed by atoms with E-state index in [1.54, 1.807) is 25.2 Å². The molecule has 0 aliphatic carbocycles. The second kappa shape index (κ2) is 7.95. The molecule has 1 atom stereocenters. The zero-order chi connectivity index (χ0) is 15.2. The van der Waals surface area contributed by atoms with Crippen molar-refractivity contribution in [2.75, 3.05) is 20.8 Å². The van der Waals surface area contributed by atoms with Crippen LogP contribution in [0.15, 0.2) is 23.1 Å². The molecule has 1 aromatic carbocycles. The maximum absolute atomic E-state index is 12.4. The van der Waals surface area contributed by atoms with E-state index < -0.39 is 10.0 Å². The highest BCUT2D eigenvalue weighted by molar-refractivity contribution is 7.89. The molecule has 1 aromatic rings. The largest absolute Gasteiger partial charge is 0.383 e. The maximum Gasteiger partial charge on any atom is 0.242 e. The number of sulfonamides is 1. The number of halogens is 1. The van der Waals surface area contributed by atoms with Crippen molar-refractivity contribution < 1.29 is 13.2 Å². The van der Waals surface area contributed by atoms with Gasteiger partial charge in [-0.1, -0.05) is 24.6 Å². The molecule has 20 heavy (non-hydrogen) atoms. The molecular formula is C13H21ClN2O3S. The smallest absolute Gasteiger partial charge is 0.242 e. The molecular weight excluding hydrogens is 300 g/mol. The van der Waals surface area contributed by atoms with Gasteiger partial charge in [0.25, 0.3) is 0 Å². The molecule has 0 fully saturated rings. The molecule has 0 saturated heterocycles. The number of hydrogen-bond donors (Lipinski definition) is 2. The topological polar surface area (TPSA) is 67.4 Å². The second-order valence-corrected chi connectivity index (χ2v) is 6.57. The van der Waals surface area contributed by atoms with Crippen molar-refractivity contribution in [1.82, 2.24) is 10.0 Å². The molecule has 0 aromatic heterocycles. The molecule has 0 bridgehead atoms. The molecule has 0 aliphatic rings. The van der Waals surface area contributed by atoms with Crippen LogP contribution in [0.4, 0.5) is 0 Å². The molecule has 2 N–H and O–H groups in total. The molecule has 0 amide bonds. The van der Waals surface area contributed by atoms with E-state index in [0.29, 0.717) is 19.6 Å². The predicted molar refractivity (Wildman–Crippen MR) is 80.5 cm³/mol. The first kappa shape index (κ1) is 17.4. The Labute approximate surface area is 125 Å². The van der Waals surface area contributed by atoms with Gasteiger partial charge in [-0.05, 0) is 31.2 Å². The molecule has 114 valence electrons. The van der Waals surface area contributed by atoms with Gasteiger partial charge in [-0.2, -0.15) is 0 Å². The van der Waals surface area contributed by atoms with Crippen LogP contribution in [-0.2, 0) is 21.3 Å². The minimum Gasteiger partial charge on any atom is -0.383 e. The number of methoxy groups -OCH3 is 1. The van der Waals surface area contributed by atoms with Crippen LogP contribution in [0.5, 0.6) is 0 Å². The lowest BCUT2D eigenvalue weighted by Crippen LogP contribution is -2.37. The monoisotopic (exact) mass is 320 g/mol. The first-order valence-electron chi connectivity index (χ1n) is 6.38. The van der Waals surface area contributed by atoms with Gasteiger partial charge in [0.2, 0.25) is 10.0 Å². The summed E-state index contributed by atoms with van der Waals surface area (Å²) < 4.78 is 32.4. The van der Waals surface area contributed by atoms with Crippen LogP contribution in [0.3, 0.4) is 0 Å². The third-order valence-electron chi connectivity index (χ3n) is 2.85. The van der Waals surface area contributed by atoms with Crippen molar-refractivity contribution in [1.29, 1.82) is 0 Å². The standard InChI is InChI=1S/C13H21ClN2O3S/c1-4-11(9-19-3)16-20(17,18)13-7-10(8-15-2)5-6-12(13)14/h5-7,11,15-16H,4,8-9H2,1-3H3. The number of nitrogens with one attached hydrogen (secondary N) is 2. The average molecular weight is 321 g/mol. The Morgan fingerprint density at radius 1 is 1.40 bits per heavy atom. The lowest BCUT2D eigenvalue weighted by Gasteiger charge is -2.17. The molecule has 0 aliphatic heterocycles. The highest BCUT2D eigenvalue weighted by Gasteiger charge is 2.22. The van der Waals surface area contributed by atoms with Crippen LogP contribution in [-0.4, -0.2) is 35.2 Å². The number of benzene rings is 1. The first-order chi connectivity index (χ1) is 9.44. The second-order valence-electron chi connectivity index (χ2n) is 4.48. The Kier molecular flexibility index (Phi) is 6.91. The molecule has 0 heterocycles. The van der Waals surface area contributed by atoms with Gasteiger partial charge in [0.1, 0.15) is 4.90 Å². The van der Waals surface area contributed by atoms with Crippen LogP contribution in [0.2, 0.25) is 5.02 Å². The van der Waals surface area contributed by atoms with Gasteiger partial charge in [-0.25, -0.2) is 13.1 Å². The van der Waals surface area contributed by atoms with E-state index in [-0.39, 0.29) is 16.0 Å². The van der Waals surface area contributed by atoms with Crippen molar-refractivity contribution in [3.63, 3.8) is 0 Å². The minimum absolute atomic E-state index is 0.0986. The van der Waals surface area contributed by atoms with Crippen LogP contribution >= 0.6 is 11.6 Å². The molecule has 1 unspecified atom stereocenters. The SMILES string of the molecule is CCC(COC)NS(=O)(=O)c1cc(CNC)ccc1Cl. The van der Waals surface area contributed by atoms with Gasteiger partial charge in [0, 0.05) is 19.7 Å². The summed E-state index contributed by atoms with van der Waals surface area (Å²) >= 11 is 6.01. The predicted octanol–water partition coefficient (Wildman–Crippen LogP) is 1.76. The van der Waals surface area contributed by atoms with Crippen molar-refractivity contribution in [3.05, 3.63) is 28.8 Å². The molecule has 0 radical (unpaired) electrons. The molecule has 5 nitrogen and oxygen atoms in total. The Morgan fingerprint density at radius 3 is 2.65 bits per heavy atom. The Balaban J connectivity index is 3.04. The van der Waals surface area contributed by atoms with Crippen LogP contribution in [0.1, 0.15) is 18.9 Å². The fraction of sp³-hybridized carbons (Fsp3) is 0.538. The Morgan fingerprint density at radius 2 is 2.10 bits per heavy atom. The van der Waals surface area contributed by atoms with E-state index in [1.807, 2.05) is 6.92 Å². The van der Waals surface area contributed by atoms with E-state index >= 15 is 0 Å². The summed E-state index contributed by atoms with van der Waals surface area (Å²) in [6.45, 7) is 2.80. The fourth-order valence-electron chi connectivity index (χ4n) is 1.79. The lowest BCUT2D eigenvalue weighted by atomic mass is 10.2. The zero-order valence-electron chi connectivity index (χ0n) is 11.9. The highest BCUT2D eigenvalue weighted by atomic mass is 35.5. The maximum atomic E-state index is 12.4. The summed E-state index contributed by atoms with van der Waals surface area (Å²) in [6.07, 6.45) is 0.640. The van der Waals surface area contributed by atoms with Gasteiger partial charge >= 0.3 is 0 Å². The Hall–Kier alpha value is -0.660. The van der Waals surface area contributed by atoms with Gasteiger partial charge in [-0.15, -0.1) is 0 Å². The summed E-state index contributed by atoms with van der Waals surface area (Å²) in [7, 11) is -0.317. The van der Waals surface area contributed by atoms with E-state index in [2.05, 4.69) is 10.0 Å². The summed E-state index contributed by atoms with van der Waals surface area (Å²) in [6, 6.07) is 4.71. The van der Waals surface area contributed by atoms with E-state index in [9.17, 15) is 8.42 Å². The third-order valence-corrected chi connectivity index (χ3v) is 4.85. The highest BCUT2D eigenvalue weighted by Crippen LogP contribution is 2.23. The zero-order valence-corrected chi connectivity index (χ0v) is 13.5. The normalized spacial score (nSPS) is 13.4. The van der Waals surface area contributed by atoms with E-state index in [1.165, 1.54) is 7.11 Å². The summed E-state index contributed by atoms with van der Waals surface area (Å²) in [5.41, 5.74) is 0.858. The van der Waals surface area contributed by atoms with Crippen LogP contribution in [0.25, 0.3) is 0 Å². The van der Waals surface area contributed by atoms with Crippen molar-refractivity contribution >= 4 is 21.6 Å². The molecule has 1 rings (SSSR count). The van der Waals surface area contributed by atoms with Crippen molar-refractivity contribution in [2.45, 2.75) is 30.8 Å². The third kappa shape index (κ3) is 4.71. The number of rotatable bonds is 8. The summed E-state index contributed by atoms with van der Waals surface area (Å²) in [5.74, 6) is 0.